The van der Waals surface area contributed by atoms with E-state index in [2.05, 4.69) is 50.4 Å². The van der Waals surface area contributed by atoms with E-state index in [-0.39, 0.29) is 4.90 Å². The zero-order valence-electron chi connectivity index (χ0n) is 14.8. The molecular formula is C20H22BrN3O2S. The molecule has 3 rings (SSSR count). The SMILES string of the molecule is NS(=O)(=O)c1cccc2c1C=CN(CCNCC=Cc1ccc(Br)cc1)C2. The Kier molecular flexibility index (Phi) is 6.49. The van der Waals surface area contributed by atoms with Gasteiger partial charge in [0.1, 0.15) is 0 Å². The highest BCUT2D eigenvalue weighted by Crippen LogP contribution is 2.25. The fourth-order valence-electron chi connectivity index (χ4n) is 2.95. The largest absolute Gasteiger partial charge is 0.372 e. The molecule has 1 aliphatic heterocycles. The molecular weight excluding hydrogens is 426 g/mol. The Bertz CT molecular complexity index is 954. The van der Waals surface area contributed by atoms with Gasteiger partial charge < -0.3 is 10.2 Å². The normalized spacial score (nSPS) is 13.9. The van der Waals surface area contributed by atoms with Gasteiger partial charge in [-0.3, -0.25) is 0 Å². The maximum Gasteiger partial charge on any atom is 0.238 e. The lowest BCUT2D eigenvalue weighted by Crippen LogP contribution is -2.30. The molecule has 0 aliphatic carbocycles. The maximum absolute atomic E-state index is 11.7. The third-order valence-electron chi connectivity index (χ3n) is 4.31. The molecule has 0 fully saturated rings. The second kappa shape index (κ2) is 8.84. The molecule has 0 atom stereocenters. The fourth-order valence-corrected chi connectivity index (χ4v) is 3.98. The standard InChI is InChI=1S/C20H22BrN3O2S/c21-18-8-6-16(7-9-18)3-2-11-23-12-14-24-13-10-19-17(15-24)4-1-5-20(19)27(22,25)26/h1-10,13,23H,11-12,14-15H2,(H2,22,25,26). The first-order valence-electron chi connectivity index (χ1n) is 8.63. The summed E-state index contributed by atoms with van der Waals surface area (Å²) in [5, 5.41) is 8.68. The molecule has 0 spiro atoms. The van der Waals surface area contributed by atoms with Gasteiger partial charge >= 0.3 is 0 Å². The maximum atomic E-state index is 11.7. The smallest absolute Gasteiger partial charge is 0.238 e. The molecule has 2 aromatic rings. The van der Waals surface area contributed by atoms with Crippen LogP contribution in [0, 0.1) is 0 Å². The van der Waals surface area contributed by atoms with Gasteiger partial charge in [0.25, 0.3) is 0 Å². The minimum atomic E-state index is -3.71. The van der Waals surface area contributed by atoms with Crippen LogP contribution in [0.1, 0.15) is 16.7 Å². The number of benzene rings is 2. The van der Waals surface area contributed by atoms with Crippen molar-refractivity contribution >= 4 is 38.1 Å². The highest BCUT2D eigenvalue weighted by Gasteiger charge is 2.18. The Labute approximate surface area is 168 Å². The van der Waals surface area contributed by atoms with Crippen molar-refractivity contribution in [3.8, 4) is 0 Å². The van der Waals surface area contributed by atoms with Crippen LogP contribution in [0.25, 0.3) is 12.2 Å². The number of hydrogen-bond donors (Lipinski definition) is 2. The summed E-state index contributed by atoms with van der Waals surface area (Å²) in [6, 6.07) is 13.4. The molecule has 0 unspecified atom stereocenters. The summed E-state index contributed by atoms with van der Waals surface area (Å²) in [4.78, 5) is 2.34. The molecule has 7 heteroatoms. The number of nitrogens with one attached hydrogen (secondary N) is 1. The summed E-state index contributed by atoms with van der Waals surface area (Å²) >= 11 is 3.43. The summed E-state index contributed by atoms with van der Waals surface area (Å²) in [6.45, 7) is 3.13. The third kappa shape index (κ3) is 5.52. The molecule has 0 saturated carbocycles. The molecule has 3 N–H and O–H groups in total. The highest BCUT2D eigenvalue weighted by molar-refractivity contribution is 9.10. The average Bonchev–Trinajstić information content (AvgIpc) is 2.64. The van der Waals surface area contributed by atoms with E-state index in [1.807, 2.05) is 30.5 Å². The number of nitrogens with two attached hydrogens (primary N) is 1. The van der Waals surface area contributed by atoms with Crippen molar-refractivity contribution in [2.75, 3.05) is 19.6 Å². The molecule has 1 aliphatic rings. The van der Waals surface area contributed by atoms with Crippen molar-refractivity contribution in [3.05, 3.63) is 75.9 Å². The van der Waals surface area contributed by atoms with Crippen LogP contribution in [0.4, 0.5) is 0 Å². The summed E-state index contributed by atoms with van der Waals surface area (Å²) in [5.41, 5.74) is 2.84. The van der Waals surface area contributed by atoms with Gasteiger partial charge in [-0.1, -0.05) is 52.3 Å². The number of nitrogens with zero attached hydrogens (tertiary/aromatic N) is 1. The molecule has 0 radical (unpaired) electrons. The van der Waals surface area contributed by atoms with Crippen molar-refractivity contribution in [3.63, 3.8) is 0 Å². The molecule has 2 aromatic carbocycles. The van der Waals surface area contributed by atoms with Gasteiger partial charge in [-0.25, -0.2) is 13.6 Å². The Hall–Kier alpha value is -1.93. The Morgan fingerprint density at radius 2 is 1.96 bits per heavy atom. The molecule has 0 amide bonds. The van der Waals surface area contributed by atoms with Crippen LogP contribution in [0.3, 0.4) is 0 Å². The topological polar surface area (TPSA) is 75.4 Å². The van der Waals surface area contributed by atoms with E-state index in [9.17, 15) is 8.42 Å². The van der Waals surface area contributed by atoms with E-state index in [1.165, 1.54) is 5.56 Å². The van der Waals surface area contributed by atoms with Crippen LogP contribution < -0.4 is 10.5 Å². The number of hydrogen-bond acceptors (Lipinski definition) is 4. The van der Waals surface area contributed by atoms with Crippen molar-refractivity contribution in [2.24, 2.45) is 5.14 Å². The predicted molar refractivity (Wildman–Crippen MR) is 113 cm³/mol. The Balaban J connectivity index is 1.47. The fraction of sp³-hybridized carbons (Fsp3) is 0.200. The van der Waals surface area contributed by atoms with Crippen LogP contribution in [0.5, 0.6) is 0 Å². The minimum Gasteiger partial charge on any atom is -0.372 e. The monoisotopic (exact) mass is 447 g/mol. The quantitative estimate of drug-likeness (QED) is 0.638. The van der Waals surface area contributed by atoms with Gasteiger partial charge in [-0.15, -0.1) is 0 Å². The van der Waals surface area contributed by atoms with Crippen LogP contribution >= 0.6 is 15.9 Å². The van der Waals surface area contributed by atoms with Gasteiger partial charge in [0, 0.05) is 42.4 Å². The first-order valence-corrected chi connectivity index (χ1v) is 11.0. The molecule has 0 aromatic heterocycles. The molecule has 0 bridgehead atoms. The molecule has 1 heterocycles. The Morgan fingerprint density at radius 1 is 1.19 bits per heavy atom. The Morgan fingerprint density at radius 3 is 2.70 bits per heavy atom. The molecule has 27 heavy (non-hydrogen) atoms. The van der Waals surface area contributed by atoms with E-state index < -0.39 is 10.0 Å². The highest BCUT2D eigenvalue weighted by atomic mass is 79.9. The van der Waals surface area contributed by atoms with E-state index in [0.29, 0.717) is 12.1 Å². The second-order valence-corrected chi connectivity index (χ2v) is 8.76. The lowest BCUT2D eigenvalue weighted by molar-refractivity contribution is 0.364. The van der Waals surface area contributed by atoms with Crippen molar-refractivity contribution in [1.29, 1.82) is 0 Å². The molecule has 5 nitrogen and oxygen atoms in total. The van der Waals surface area contributed by atoms with E-state index >= 15 is 0 Å². The minimum absolute atomic E-state index is 0.187. The van der Waals surface area contributed by atoms with Crippen LogP contribution in [0.2, 0.25) is 0 Å². The zero-order chi connectivity index (χ0) is 19.3. The summed E-state index contributed by atoms with van der Waals surface area (Å²) in [5.74, 6) is 0. The van der Waals surface area contributed by atoms with Crippen molar-refractivity contribution in [2.45, 2.75) is 11.4 Å². The first kappa shape index (κ1) is 19.8. The lowest BCUT2D eigenvalue weighted by atomic mass is 10.0. The van der Waals surface area contributed by atoms with Gasteiger partial charge in [0.15, 0.2) is 0 Å². The van der Waals surface area contributed by atoms with Gasteiger partial charge in [0.05, 0.1) is 4.90 Å². The molecule has 0 saturated heterocycles. The average molecular weight is 448 g/mol. The van der Waals surface area contributed by atoms with Gasteiger partial charge in [-0.2, -0.15) is 0 Å². The predicted octanol–water partition coefficient (Wildman–Crippen LogP) is 3.19. The van der Waals surface area contributed by atoms with Crippen molar-refractivity contribution in [1.82, 2.24) is 10.2 Å². The van der Waals surface area contributed by atoms with Crippen LogP contribution in [-0.4, -0.2) is 33.0 Å². The molecule has 142 valence electrons. The number of fused-ring (bicyclic) bond motifs is 1. The zero-order valence-corrected chi connectivity index (χ0v) is 17.2. The summed E-state index contributed by atoms with van der Waals surface area (Å²) in [7, 11) is -3.71. The summed E-state index contributed by atoms with van der Waals surface area (Å²) < 4.78 is 24.5. The second-order valence-electron chi connectivity index (χ2n) is 6.32. The van der Waals surface area contributed by atoms with Crippen LogP contribution in [-0.2, 0) is 16.6 Å². The lowest BCUT2D eigenvalue weighted by Gasteiger charge is -2.26. The summed E-state index contributed by atoms with van der Waals surface area (Å²) in [6.07, 6.45) is 7.94. The number of halogens is 1. The number of rotatable bonds is 7. The van der Waals surface area contributed by atoms with E-state index in [1.54, 1.807) is 12.1 Å². The third-order valence-corrected chi connectivity index (χ3v) is 5.80. The number of primary sulfonamides is 1. The number of sulfonamides is 1. The van der Waals surface area contributed by atoms with Crippen LogP contribution in [0.15, 0.2) is 64.1 Å². The van der Waals surface area contributed by atoms with Gasteiger partial charge in [0.2, 0.25) is 10.0 Å². The van der Waals surface area contributed by atoms with E-state index in [4.69, 9.17) is 5.14 Å². The van der Waals surface area contributed by atoms with Crippen molar-refractivity contribution < 1.29 is 8.42 Å². The van der Waals surface area contributed by atoms with Gasteiger partial charge in [-0.05, 0) is 35.4 Å². The first-order chi connectivity index (χ1) is 12.9. The van der Waals surface area contributed by atoms with E-state index in [0.717, 1.165) is 29.7 Å².